The summed E-state index contributed by atoms with van der Waals surface area (Å²) in [6.07, 6.45) is -5.07. The largest absolute Gasteiger partial charge is 0.417 e. The minimum atomic E-state index is -4.81. The molecule has 6 nitrogen and oxygen atoms in total. The fourth-order valence-electron chi connectivity index (χ4n) is 2.16. The van der Waals surface area contributed by atoms with Crippen LogP contribution >= 0.6 is 11.6 Å². The SMILES string of the molecule is N#Cc1cccc(NC(=O)CCNS(=O)(=O)c2ccc(Cl)c(C(F)(F)F)c2)c1. The van der Waals surface area contributed by atoms with E-state index in [0.29, 0.717) is 17.3 Å². The van der Waals surface area contributed by atoms with Crippen molar-refractivity contribution in [3.63, 3.8) is 0 Å². The molecular weight excluding hydrogens is 419 g/mol. The molecule has 148 valence electrons. The highest BCUT2D eigenvalue weighted by molar-refractivity contribution is 7.89. The lowest BCUT2D eigenvalue weighted by Crippen LogP contribution is -2.28. The smallest absolute Gasteiger partial charge is 0.326 e. The Bertz CT molecular complexity index is 1030. The number of carbonyl (C=O) groups is 1. The van der Waals surface area contributed by atoms with Crippen LogP contribution in [0.5, 0.6) is 0 Å². The number of sulfonamides is 1. The first-order chi connectivity index (χ1) is 13.0. The van der Waals surface area contributed by atoms with Gasteiger partial charge >= 0.3 is 6.18 Å². The van der Waals surface area contributed by atoms with E-state index in [0.717, 1.165) is 12.1 Å². The number of nitriles is 1. The number of rotatable bonds is 6. The summed E-state index contributed by atoms with van der Waals surface area (Å²) in [7, 11) is -4.27. The molecule has 0 fully saturated rings. The molecule has 0 aliphatic carbocycles. The lowest BCUT2D eigenvalue weighted by atomic mass is 10.2. The van der Waals surface area contributed by atoms with Gasteiger partial charge in [0.05, 0.1) is 27.1 Å². The van der Waals surface area contributed by atoms with Gasteiger partial charge in [-0.1, -0.05) is 17.7 Å². The molecule has 0 saturated heterocycles. The molecule has 28 heavy (non-hydrogen) atoms. The number of hydrogen-bond donors (Lipinski definition) is 2. The molecule has 0 aromatic heterocycles. The van der Waals surface area contributed by atoms with Crippen molar-refractivity contribution in [3.8, 4) is 6.07 Å². The van der Waals surface area contributed by atoms with Gasteiger partial charge in [-0.3, -0.25) is 4.79 Å². The summed E-state index contributed by atoms with van der Waals surface area (Å²) >= 11 is 5.47. The summed E-state index contributed by atoms with van der Waals surface area (Å²) in [4.78, 5) is 11.3. The highest BCUT2D eigenvalue weighted by Gasteiger charge is 2.34. The highest BCUT2D eigenvalue weighted by Crippen LogP contribution is 2.35. The summed E-state index contributed by atoms with van der Waals surface area (Å²) < 4.78 is 65.0. The predicted octanol–water partition coefficient (Wildman–Crippen LogP) is 3.54. The zero-order chi connectivity index (χ0) is 20.9. The Balaban J connectivity index is 2.00. The first-order valence-corrected chi connectivity index (χ1v) is 9.55. The van der Waals surface area contributed by atoms with Crippen molar-refractivity contribution < 1.29 is 26.4 Å². The van der Waals surface area contributed by atoms with Crippen molar-refractivity contribution in [1.82, 2.24) is 4.72 Å². The molecule has 2 N–H and O–H groups in total. The van der Waals surface area contributed by atoms with E-state index >= 15 is 0 Å². The van der Waals surface area contributed by atoms with Crippen LogP contribution in [0, 0.1) is 11.3 Å². The molecule has 0 atom stereocenters. The van der Waals surface area contributed by atoms with Crippen molar-refractivity contribution in [2.75, 3.05) is 11.9 Å². The number of hydrogen-bond acceptors (Lipinski definition) is 4. The first kappa shape index (κ1) is 21.7. The van der Waals surface area contributed by atoms with Crippen LogP contribution in [0.3, 0.4) is 0 Å². The maximum Gasteiger partial charge on any atom is 0.417 e. The van der Waals surface area contributed by atoms with Crippen molar-refractivity contribution in [3.05, 3.63) is 58.6 Å². The highest BCUT2D eigenvalue weighted by atomic mass is 35.5. The van der Waals surface area contributed by atoms with Crippen LogP contribution in [0.25, 0.3) is 0 Å². The Morgan fingerprint density at radius 3 is 2.54 bits per heavy atom. The second-order valence-electron chi connectivity index (χ2n) is 5.53. The normalized spacial score (nSPS) is 11.7. The summed E-state index contributed by atoms with van der Waals surface area (Å²) in [6, 6.07) is 10.2. The maximum atomic E-state index is 12.9. The van der Waals surface area contributed by atoms with Crippen LogP contribution in [0.2, 0.25) is 5.02 Å². The van der Waals surface area contributed by atoms with Crippen molar-refractivity contribution >= 4 is 33.2 Å². The van der Waals surface area contributed by atoms with Gasteiger partial charge in [-0.25, -0.2) is 13.1 Å². The van der Waals surface area contributed by atoms with E-state index in [4.69, 9.17) is 16.9 Å². The third-order valence-corrected chi connectivity index (χ3v) is 5.26. The van der Waals surface area contributed by atoms with E-state index in [1.165, 1.54) is 6.07 Å². The lowest BCUT2D eigenvalue weighted by molar-refractivity contribution is -0.137. The molecule has 0 bridgehead atoms. The Kier molecular flexibility index (Phi) is 6.66. The number of nitrogens with zero attached hydrogens (tertiary/aromatic N) is 1. The van der Waals surface area contributed by atoms with Gasteiger partial charge in [0.25, 0.3) is 0 Å². The Hall–Kier alpha value is -2.61. The van der Waals surface area contributed by atoms with Crippen LogP contribution in [-0.4, -0.2) is 20.9 Å². The van der Waals surface area contributed by atoms with E-state index < -0.39 is 37.6 Å². The number of amides is 1. The molecule has 0 heterocycles. The van der Waals surface area contributed by atoms with E-state index in [2.05, 4.69) is 10.0 Å². The average Bonchev–Trinajstić information content (AvgIpc) is 2.60. The van der Waals surface area contributed by atoms with Gasteiger partial charge in [-0.05, 0) is 36.4 Å². The fourth-order valence-corrected chi connectivity index (χ4v) is 3.44. The van der Waals surface area contributed by atoms with Gasteiger partial charge in [0, 0.05) is 18.7 Å². The molecule has 0 radical (unpaired) electrons. The van der Waals surface area contributed by atoms with E-state index in [-0.39, 0.29) is 13.0 Å². The zero-order valence-electron chi connectivity index (χ0n) is 14.0. The standard InChI is InChI=1S/C17H13ClF3N3O3S/c18-15-5-4-13(9-14(15)17(19,20)21)28(26,27)23-7-6-16(25)24-12-3-1-2-11(8-12)10-22/h1-5,8-9,23H,6-7H2,(H,24,25). The van der Waals surface area contributed by atoms with Gasteiger partial charge in [0.15, 0.2) is 0 Å². The minimum Gasteiger partial charge on any atom is -0.326 e. The molecule has 0 saturated carbocycles. The number of halogens is 4. The summed E-state index contributed by atoms with van der Waals surface area (Å²) in [5.74, 6) is -0.537. The predicted molar refractivity (Wildman–Crippen MR) is 96.0 cm³/mol. The molecule has 2 aromatic carbocycles. The van der Waals surface area contributed by atoms with Crippen molar-refractivity contribution in [1.29, 1.82) is 5.26 Å². The molecule has 0 aliphatic rings. The fraction of sp³-hybridized carbons (Fsp3) is 0.176. The summed E-state index contributed by atoms with van der Waals surface area (Å²) in [6.45, 7) is -0.337. The van der Waals surface area contributed by atoms with E-state index in [1.54, 1.807) is 18.2 Å². The summed E-state index contributed by atoms with van der Waals surface area (Å²) in [5.41, 5.74) is -0.576. The minimum absolute atomic E-state index is 0.268. The van der Waals surface area contributed by atoms with Gasteiger partial charge in [0.1, 0.15) is 0 Å². The molecule has 2 rings (SSSR count). The quantitative estimate of drug-likeness (QED) is 0.730. The topological polar surface area (TPSA) is 99.1 Å². The third kappa shape index (κ3) is 5.69. The Labute approximate surface area is 164 Å². The number of nitrogens with one attached hydrogen (secondary N) is 2. The Morgan fingerprint density at radius 1 is 1.18 bits per heavy atom. The molecule has 0 aliphatic heterocycles. The second kappa shape index (κ2) is 8.60. The molecule has 0 unspecified atom stereocenters. The van der Waals surface area contributed by atoms with Gasteiger partial charge < -0.3 is 5.32 Å². The maximum absolute atomic E-state index is 12.9. The summed E-state index contributed by atoms with van der Waals surface area (Å²) in [5, 5.41) is 10.7. The number of alkyl halides is 3. The Morgan fingerprint density at radius 2 is 1.89 bits per heavy atom. The van der Waals surface area contributed by atoms with Crippen LogP contribution < -0.4 is 10.0 Å². The first-order valence-electron chi connectivity index (χ1n) is 7.69. The lowest BCUT2D eigenvalue weighted by Gasteiger charge is -2.12. The van der Waals surface area contributed by atoms with Crippen molar-refractivity contribution in [2.45, 2.75) is 17.5 Å². The van der Waals surface area contributed by atoms with Crippen LogP contribution in [0.15, 0.2) is 47.4 Å². The van der Waals surface area contributed by atoms with E-state index in [9.17, 15) is 26.4 Å². The second-order valence-corrected chi connectivity index (χ2v) is 7.70. The zero-order valence-corrected chi connectivity index (χ0v) is 15.6. The van der Waals surface area contributed by atoms with Gasteiger partial charge in [-0.15, -0.1) is 0 Å². The van der Waals surface area contributed by atoms with E-state index in [1.807, 2.05) is 6.07 Å². The molecule has 1 amide bonds. The number of benzene rings is 2. The van der Waals surface area contributed by atoms with Crippen molar-refractivity contribution in [2.24, 2.45) is 0 Å². The molecule has 2 aromatic rings. The molecule has 0 spiro atoms. The van der Waals surface area contributed by atoms with Gasteiger partial charge in [0.2, 0.25) is 15.9 Å². The average molecular weight is 432 g/mol. The monoisotopic (exact) mass is 431 g/mol. The number of anilines is 1. The molecular formula is C17H13ClF3N3O3S. The van der Waals surface area contributed by atoms with Crippen LogP contribution in [0.1, 0.15) is 17.5 Å². The van der Waals surface area contributed by atoms with Gasteiger partial charge in [-0.2, -0.15) is 18.4 Å². The van der Waals surface area contributed by atoms with Crippen LogP contribution in [0.4, 0.5) is 18.9 Å². The molecule has 11 heteroatoms. The van der Waals surface area contributed by atoms with Crippen LogP contribution in [-0.2, 0) is 21.0 Å². The third-order valence-electron chi connectivity index (χ3n) is 3.47. The number of carbonyl (C=O) groups excluding carboxylic acids is 1.